The fraction of sp³-hybridized carbons (Fsp3) is 0.600. The first-order valence-corrected chi connectivity index (χ1v) is 7.17. The first-order valence-electron chi connectivity index (χ1n) is 7.17. The summed E-state index contributed by atoms with van der Waals surface area (Å²) in [7, 11) is 0. The van der Waals surface area contributed by atoms with Crippen molar-refractivity contribution in [3.8, 4) is 0 Å². The van der Waals surface area contributed by atoms with Gasteiger partial charge in [-0.15, -0.1) is 0 Å². The van der Waals surface area contributed by atoms with Crippen molar-refractivity contribution in [1.82, 2.24) is 14.5 Å². The number of anilines is 1. The fourth-order valence-electron chi connectivity index (χ4n) is 3.40. The number of aryl methyl sites for hydroxylation is 1. The van der Waals surface area contributed by atoms with Crippen LogP contribution < -0.4 is 5.73 Å². The zero-order chi connectivity index (χ0) is 13.6. The van der Waals surface area contributed by atoms with Crippen LogP contribution >= 0.6 is 0 Å². The largest absolute Gasteiger partial charge is 0.383 e. The molecule has 1 fully saturated rings. The molecule has 0 spiro atoms. The van der Waals surface area contributed by atoms with Gasteiger partial charge in [-0.05, 0) is 51.0 Å². The summed E-state index contributed by atoms with van der Waals surface area (Å²) in [5, 5.41) is 1.04. The van der Waals surface area contributed by atoms with Crippen molar-refractivity contribution in [2.75, 3.05) is 5.73 Å². The average Bonchev–Trinajstić information content (AvgIpc) is 2.65. The van der Waals surface area contributed by atoms with E-state index in [1.807, 2.05) is 0 Å². The molecule has 2 heterocycles. The van der Waals surface area contributed by atoms with Crippen molar-refractivity contribution in [3.05, 3.63) is 17.6 Å². The summed E-state index contributed by atoms with van der Waals surface area (Å²) in [6, 6.07) is 0.571. The second kappa shape index (κ2) is 4.51. The van der Waals surface area contributed by atoms with Gasteiger partial charge in [0.25, 0.3) is 0 Å². The lowest BCUT2D eigenvalue weighted by Gasteiger charge is -2.28. The van der Waals surface area contributed by atoms with Gasteiger partial charge in [-0.1, -0.05) is 6.92 Å². The van der Waals surface area contributed by atoms with E-state index in [0.29, 0.717) is 11.9 Å². The van der Waals surface area contributed by atoms with Crippen LogP contribution in [-0.2, 0) is 0 Å². The maximum Gasteiger partial charge on any atom is 0.146 e. The molecule has 1 aliphatic rings. The van der Waals surface area contributed by atoms with E-state index in [2.05, 4.69) is 35.3 Å². The Balaban J connectivity index is 2.13. The molecule has 2 aromatic heterocycles. The molecule has 0 bridgehead atoms. The van der Waals surface area contributed by atoms with Crippen molar-refractivity contribution >= 4 is 16.9 Å². The lowest BCUT2D eigenvalue weighted by Crippen LogP contribution is -2.18. The van der Waals surface area contributed by atoms with Crippen molar-refractivity contribution in [2.24, 2.45) is 5.92 Å². The number of hydrogen-bond acceptors (Lipinski definition) is 3. The highest BCUT2D eigenvalue weighted by Crippen LogP contribution is 2.37. The molecule has 0 saturated heterocycles. The normalized spacial score (nSPS) is 23.9. The number of nitrogen functional groups attached to an aromatic ring is 1. The highest BCUT2D eigenvalue weighted by molar-refractivity contribution is 5.90. The molecular formula is C15H22N4. The second-order valence-corrected chi connectivity index (χ2v) is 5.95. The Bertz CT molecular complexity index is 606. The molecule has 102 valence electrons. The first-order chi connectivity index (χ1) is 9.09. The minimum atomic E-state index is 0.571. The maximum absolute atomic E-state index is 6.03. The van der Waals surface area contributed by atoms with Gasteiger partial charge in [-0.2, -0.15) is 0 Å². The van der Waals surface area contributed by atoms with Crippen molar-refractivity contribution in [3.63, 3.8) is 0 Å². The average molecular weight is 258 g/mol. The SMILES string of the molecule is Cc1c(C)n(C2CCC(C)CC2)c2ncnc(N)c12. The Kier molecular flexibility index (Phi) is 2.96. The van der Waals surface area contributed by atoms with E-state index in [1.54, 1.807) is 6.33 Å². The first kappa shape index (κ1) is 12.5. The molecule has 0 aromatic carbocycles. The molecule has 2 N–H and O–H groups in total. The van der Waals surface area contributed by atoms with E-state index in [4.69, 9.17) is 5.73 Å². The van der Waals surface area contributed by atoms with Gasteiger partial charge < -0.3 is 10.3 Å². The Morgan fingerprint density at radius 2 is 1.84 bits per heavy atom. The topological polar surface area (TPSA) is 56.7 Å². The van der Waals surface area contributed by atoms with E-state index in [9.17, 15) is 0 Å². The molecule has 2 aromatic rings. The quantitative estimate of drug-likeness (QED) is 0.853. The summed E-state index contributed by atoms with van der Waals surface area (Å²) >= 11 is 0. The van der Waals surface area contributed by atoms with Crippen LogP contribution in [0.2, 0.25) is 0 Å². The predicted molar refractivity (Wildman–Crippen MR) is 78.1 cm³/mol. The zero-order valence-corrected chi connectivity index (χ0v) is 12.0. The van der Waals surface area contributed by atoms with E-state index in [-0.39, 0.29) is 0 Å². The Hall–Kier alpha value is -1.58. The zero-order valence-electron chi connectivity index (χ0n) is 12.0. The summed E-state index contributed by atoms with van der Waals surface area (Å²) < 4.78 is 2.40. The molecule has 0 amide bonds. The van der Waals surface area contributed by atoms with Crippen LogP contribution in [0.25, 0.3) is 11.0 Å². The lowest BCUT2D eigenvalue weighted by atomic mass is 9.87. The van der Waals surface area contributed by atoms with Gasteiger partial charge in [-0.3, -0.25) is 0 Å². The predicted octanol–water partition coefficient (Wildman–Crippen LogP) is 3.38. The molecule has 1 saturated carbocycles. The van der Waals surface area contributed by atoms with Gasteiger partial charge in [0.2, 0.25) is 0 Å². The van der Waals surface area contributed by atoms with Crippen molar-refractivity contribution in [2.45, 2.75) is 52.5 Å². The minimum absolute atomic E-state index is 0.571. The van der Waals surface area contributed by atoms with Crippen LogP contribution in [0.4, 0.5) is 5.82 Å². The maximum atomic E-state index is 6.03. The Morgan fingerprint density at radius 3 is 2.53 bits per heavy atom. The second-order valence-electron chi connectivity index (χ2n) is 5.95. The number of rotatable bonds is 1. The molecule has 0 unspecified atom stereocenters. The van der Waals surface area contributed by atoms with Crippen LogP contribution in [-0.4, -0.2) is 14.5 Å². The van der Waals surface area contributed by atoms with Crippen LogP contribution in [0.1, 0.15) is 49.9 Å². The molecule has 0 aliphatic heterocycles. The Labute approximate surface area is 114 Å². The Morgan fingerprint density at radius 1 is 1.16 bits per heavy atom. The molecule has 19 heavy (non-hydrogen) atoms. The van der Waals surface area contributed by atoms with Gasteiger partial charge in [0.1, 0.15) is 17.8 Å². The third-order valence-corrected chi connectivity index (χ3v) is 4.71. The number of aromatic nitrogens is 3. The molecular weight excluding hydrogens is 236 g/mol. The van der Waals surface area contributed by atoms with E-state index >= 15 is 0 Å². The highest BCUT2D eigenvalue weighted by atomic mass is 15.1. The van der Waals surface area contributed by atoms with Gasteiger partial charge in [0, 0.05) is 11.7 Å². The molecule has 4 nitrogen and oxygen atoms in total. The van der Waals surface area contributed by atoms with Crippen LogP contribution in [0.5, 0.6) is 0 Å². The van der Waals surface area contributed by atoms with E-state index in [1.165, 1.54) is 36.9 Å². The third kappa shape index (κ3) is 1.90. The van der Waals surface area contributed by atoms with Crippen LogP contribution in [0.15, 0.2) is 6.33 Å². The molecule has 4 heteroatoms. The summed E-state index contributed by atoms with van der Waals surface area (Å²) in [5.41, 5.74) is 9.56. The number of fused-ring (bicyclic) bond motifs is 1. The summed E-state index contributed by atoms with van der Waals surface area (Å²) in [5.74, 6) is 1.47. The van der Waals surface area contributed by atoms with Crippen LogP contribution in [0, 0.1) is 19.8 Å². The molecule has 1 aliphatic carbocycles. The minimum Gasteiger partial charge on any atom is -0.383 e. The highest BCUT2D eigenvalue weighted by Gasteiger charge is 2.24. The van der Waals surface area contributed by atoms with Crippen molar-refractivity contribution < 1.29 is 0 Å². The molecule has 0 atom stereocenters. The van der Waals surface area contributed by atoms with Gasteiger partial charge in [0.05, 0.1) is 5.39 Å². The van der Waals surface area contributed by atoms with Crippen LogP contribution in [0.3, 0.4) is 0 Å². The monoisotopic (exact) mass is 258 g/mol. The smallest absolute Gasteiger partial charge is 0.146 e. The fourth-order valence-corrected chi connectivity index (χ4v) is 3.40. The molecule has 0 radical (unpaired) electrons. The van der Waals surface area contributed by atoms with Gasteiger partial charge >= 0.3 is 0 Å². The summed E-state index contributed by atoms with van der Waals surface area (Å²) in [4.78, 5) is 8.62. The van der Waals surface area contributed by atoms with Gasteiger partial charge in [0.15, 0.2) is 0 Å². The molecule has 3 rings (SSSR count). The van der Waals surface area contributed by atoms with E-state index in [0.717, 1.165) is 17.0 Å². The van der Waals surface area contributed by atoms with Crippen molar-refractivity contribution in [1.29, 1.82) is 0 Å². The summed E-state index contributed by atoms with van der Waals surface area (Å²) in [6.07, 6.45) is 6.69. The van der Waals surface area contributed by atoms with E-state index < -0.39 is 0 Å². The number of nitrogens with two attached hydrogens (primary N) is 1. The van der Waals surface area contributed by atoms with Gasteiger partial charge in [-0.25, -0.2) is 9.97 Å². The third-order valence-electron chi connectivity index (χ3n) is 4.71. The number of hydrogen-bond donors (Lipinski definition) is 1. The summed E-state index contributed by atoms with van der Waals surface area (Å²) in [6.45, 7) is 6.65. The standard InChI is InChI=1S/C15H22N4/c1-9-4-6-12(7-5-9)19-11(3)10(2)13-14(16)17-8-18-15(13)19/h8-9,12H,4-7H2,1-3H3,(H2,16,17,18). The lowest BCUT2D eigenvalue weighted by molar-refractivity contribution is 0.291. The number of nitrogens with zero attached hydrogens (tertiary/aromatic N) is 3.